The quantitative estimate of drug-likeness (QED) is 0.849. The molecule has 108 valence electrons. The van der Waals surface area contributed by atoms with Gasteiger partial charge in [-0.05, 0) is 12.6 Å². The van der Waals surface area contributed by atoms with Gasteiger partial charge in [0.15, 0.2) is 0 Å². The van der Waals surface area contributed by atoms with Crippen LogP contribution in [0.25, 0.3) is 0 Å². The first-order valence-corrected chi connectivity index (χ1v) is 6.98. The molecule has 0 saturated carbocycles. The number of nitrogens with one attached hydrogen (secondary N) is 2. The van der Waals surface area contributed by atoms with E-state index in [1.165, 1.54) is 0 Å². The molecule has 1 atom stereocenters. The zero-order chi connectivity index (χ0) is 14.4. The smallest absolute Gasteiger partial charge is 0.224 e. The SMILES string of the molecule is CNCCC(=O)N1CCNC(=O)CC1c1ccccc1. The van der Waals surface area contributed by atoms with Crippen LogP contribution in [-0.2, 0) is 9.59 Å². The molecule has 2 amide bonds. The highest BCUT2D eigenvalue weighted by Gasteiger charge is 2.29. The molecule has 2 rings (SSSR count). The first kappa shape index (κ1) is 14.5. The number of hydrogen-bond donors (Lipinski definition) is 2. The van der Waals surface area contributed by atoms with Crippen LogP contribution in [0.4, 0.5) is 0 Å². The van der Waals surface area contributed by atoms with Crippen molar-refractivity contribution in [1.82, 2.24) is 15.5 Å². The zero-order valence-electron chi connectivity index (χ0n) is 11.8. The third kappa shape index (κ3) is 3.57. The summed E-state index contributed by atoms with van der Waals surface area (Å²) in [6.07, 6.45) is 0.781. The van der Waals surface area contributed by atoms with Crippen molar-refractivity contribution in [1.29, 1.82) is 0 Å². The Morgan fingerprint density at radius 3 is 2.85 bits per heavy atom. The molecule has 1 unspecified atom stereocenters. The number of rotatable bonds is 4. The molecule has 0 aliphatic carbocycles. The second-order valence-electron chi connectivity index (χ2n) is 4.92. The van der Waals surface area contributed by atoms with E-state index in [0.29, 0.717) is 32.5 Å². The van der Waals surface area contributed by atoms with Crippen LogP contribution in [0.3, 0.4) is 0 Å². The first-order valence-electron chi connectivity index (χ1n) is 6.98. The van der Waals surface area contributed by atoms with E-state index in [-0.39, 0.29) is 17.9 Å². The summed E-state index contributed by atoms with van der Waals surface area (Å²) in [4.78, 5) is 26.0. The Kier molecular flexibility index (Phi) is 5.12. The standard InChI is InChI=1S/C15H21N3O2/c1-16-8-7-15(20)18-10-9-17-14(19)11-13(18)12-5-3-2-4-6-12/h2-6,13,16H,7-11H2,1H3,(H,17,19). The molecule has 0 spiro atoms. The lowest BCUT2D eigenvalue weighted by molar-refractivity contribution is -0.133. The predicted molar refractivity (Wildman–Crippen MR) is 77.1 cm³/mol. The van der Waals surface area contributed by atoms with Crippen LogP contribution in [0, 0.1) is 0 Å². The van der Waals surface area contributed by atoms with Crippen LogP contribution in [0.5, 0.6) is 0 Å². The van der Waals surface area contributed by atoms with Gasteiger partial charge in [-0.2, -0.15) is 0 Å². The lowest BCUT2D eigenvalue weighted by Crippen LogP contribution is -2.37. The average molecular weight is 275 g/mol. The van der Waals surface area contributed by atoms with Gasteiger partial charge in [-0.25, -0.2) is 0 Å². The molecule has 1 aromatic rings. The molecule has 1 aliphatic rings. The number of carbonyl (C=O) groups is 2. The molecule has 0 radical (unpaired) electrons. The van der Waals surface area contributed by atoms with E-state index in [9.17, 15) is 9.59 Å². The Morgan fingerprint density at radius 1 is 1.40 bits per heavy atom. The second kappa shape index (κ2) is 7.05. The molecular weight excluding hydrogens is 254 g/mol. The molecule has 5 nitrogen and oxygen atoms in total. The minimum absolute atomic E-state index is 0.00256. The summed E-state index contributed by atoms with van der Waals surface area (Å²) in [5.74, 6) is 0.0903. The summed E-state index contributed by atoms with van der Waals surface area (Å²) in [6, 6.07) is 9.60. The van der Waals surface area contributed by atoms with E-state index < -0.39 is 0 Å². The van der Waals surface area contributed by atoms with Gasteiger partial charge in [0.25, 0.3) is 0 Å². The minimum Gasteiger partial charge on any atom is -0.354 e. The molecule has 1 fully saturated rings. The van der Waals surface area contributed by atoms with Gasteiger partial charge < -0.3 is 15.5 Å². The van der Waals surface area contributed by atoms with Gasteiger partial charge in [-0.15, -0.1) is 0 Å². The number of benzene rings is 1. The molecule has 0 bridgehead atoms. The van der Waals surface area contributed by atoms with Crippen LogP contribution in [0.2, 0.25) is 0 Å². The Balaban J connectivity index is 2.20. The Hall–Kier alpha value is -1.88. The lowest BCUT2D eigenvalue weighted by atomic mass is 10.0. The van der Waals surface area contributed by atoms with Crippen molar-refractivity contribution in [2.75, 3.05) is 26.7 Å². The maximum Gasteiger partial charge on any atom is 0.224 e. The molecule has 5 heteroatoms. The van der Waals surface area contributed by atoms with E-state index in [0.717, 1.165) is 5.56 Å². The molecular formula is C15H21N3O2. The molecule has 0 aromatic heterocycles. The normalized spacial score (nSPS) is 19.4. The van der Waals surface area contributed by atoms with E-state index in [2.05, 4.69) is 10.6 Å². The number of nitrogens with zero attached hydrogens (tertiary/aromatic N) is 1. The van der Waals surface area contributed by atoms with Crippen molar-refractivity contribution < 1.29 is 9.59 Å². The molecule has 1 aromatic carbocycles. The van der Waals surface area contributed by atoms with Crippen LogP contribution in [0.1, 0.15) is 24.4 Å². The highest BCUT2D eigenvalue weighted by Crippen LogP contribution is 2.26. The maximum absolute atomic E-state index is 12.3. The number of carbonyl (C=O) groups excluding carboxylic acids is 2. The predicted octanol–water partition coefficient (Wildman–Crippen LogP) is 0.686. The molecule has 1 saturated heterocycles. The third-order valence-corrected chi connectivity index (χ3v) is 3.52. The minimum atomic E-state index is -0.164. The van der Waals surface area contributed by atoms with E-state index in [4.69, 9.17) is 0 Å². The zero-order valence-corrected chi connectivity index (χ0v) is 11.8. The molecule has 2 N–H and O–H groups in total. The van der Waals surface area contributed by atoms with Crippen molar-refractivity contribution in [3.05, 3.63) is 35.9 Å². The maximum atomic E-state index is 12.3. The van der Waals surface area contributed by atoms with Gasteiger partial charge in [0.05, 0.1) is 12.5 Å². The topological polar surface area (TPSA) is 61.4 Å². The van der Waals surface area contributed by atoms with Gasteiger partial charge in [0.1, 0.15) is 0 Å². The van der Waals surface area contributed by atoms with E-state index in [1.807, 2.05) is 42.3 Å². The largest absolute Gasteiger partial charge is 0.354 e. The molecule has 1 heterocycles. The van der Waals surface area contributed by atoms with E-state index in [1.54, 1.807) is 0 Å². The highest BCUT2D eigenvalue weighted by molar-refractivity contribution is 5.81. The van der Waals surface area contributed by atoms with Crippen LogP contribution >= 0.6 is 0 Å². The van der Waals surface area contributed by atoms with Crippen molar-refractivity contribution in [2.24, 2.45) is 0 Å². The molecule has 1 aliphatic heterocycles. The Morgan fingerprint density at radius 2 is 2.15 bits per heavy atom. The summed E-state index contributed by atoms with van der Waals surface area (Å²) in [7, 11) is 1.83. The van der Waals surface area contributed by atoms with Crippen LogP contribution in [-0.4, -0.2) is 43.4 Å². The third-order valence-electron chi connectivity index (χ3n) is 3.52. The average Bonchev–Trinajstić information content (AvgIpc) is 2.67. The van der Waals surface area contributed by atoms with Crippen molar-refractivity contribution in [3.8, 4) is 0 Å². The van der Waals surface area contributed by atoms with Crippen molar-refractivity contribution in [2.45, 2.75) is 18.9 Å². The van der Waals surface area contributed by atoms with E-state index >= 15 is 0 Å². The number of hydrogen-bond acceptors (Lipinski definition) is 3. The van der Waals surface area contributed by atoms with Crippen molar-refractivity contribution in [3.63, 3.8) is 0 Å². The van der Waals surface area contributed by atoms with Gasteiger partial charge in [0.2, 0.25) is 11.8 Å². The first-order chi connectivity index (χ1) is 9.72. The lowest BCUT2D eigenvalue weighted by Gasteiger charge is -2.29. The summed E-state index contributed by atoms with van der Waals surface area (Å²) in [5.41, 5.74) is 1.02. The van der Waals surface area contributed by atoms with Gasteiger partial charge in [-0.1, -0.05) is 30.3 Å². The summed E-state index contributed by atoms with van der Waals surface area (Å²) in [5, 5.41) is 5.82. The molecule has 20 heavy (non-hydrogen) atoms. The highest BCUT2D eigenvalue weighted by atomic mass is 16.2. The number of amides is 2. The Labute approximate surface area is 119 Å². The summed E-state index contributed by atoms with van der Waals surface area (Å²) in [6.45, 7) is 1.74. The Bertz CT molecular complexity index is 461. The van der Waals surface area contributed by atoms with Crippen molar-refractivity contribution >= 4 is 11.8 Å². The van der Waals surface area contributed by atoms with Gasteiger partial charge >= 0.3 is 0 Å². The fraction of sp³-hybridized carbons (Fsp3) is 0.467. The van der Waals surface area contributed by atoms with Crippen LogP contribution < -0.4 is 10.6 Å². The van der Waals surface area contributed by atoms with Gasteiger partial charge in [0, 0.05) is 26.1 Å². The second-order valence-corrected chi connectivity index (χ2v) is 4.92. The summed E-state index contributed by atoms with van der Waals surface area (Å²) < 4.78 is 0. The fourth-order valence-electron chi connectivity index (χ4n) is 2.48. The van der Waals surface area contributed by atoms with Gasteiger partial charge in [-0.3, -0.25) is 9.59 Å². The van der Waals surface area contributed by atoms with Crippen LogP contribution in [0.15, 0.2) is 30.3 Å². The monoisotopic (exact) mass is 275 g/mol. The summed E-state index contributed by atoms with van der Waals surface area (Å²) >= 11 is 0. The fourth-order valence-corrected chi connectivity index (χ4v) is 2.48.